The number of anilines is 1. The van der Waals surface area contributed by atoms with E-state index in [1.807, 2.05) is 32.2 Å². The van der Waals surface area contributed by atoms with Crippen LogP contribution in [0.4, 0.5) is 5.82 Å². The summed E-state index contributed by atoms with van der Waals surface area (Å²) >= 11 is 0. The molecule has 0 radical (unpaired) electrons. The SMILES string of the molecule is CC(C)Oc1ccc2c(c1)c(-c1ccnc(N3CCC(O)CC3)c1)nn2C(c1ccccc1)(c1ccccc1)c1ccccc1. The molecule has 0 aliphatic carbocycles. The first-order chi connectivity index (χ1) is 22.0. The number of fused-ring (bicyclic) bond motifs is 1. The standard InChI is InChI=1S/C39H38N4O2/c1-28(2)45-34-18-19-36-35(27-34)38(29-20-23-40-37(26-29)42-24-21-33(44)22-25-42)41-43(36)39(30-12-6-3-7-13-30,31-14-8-4-9-15-31)32-16-10-5-11-17-32/h3-20,23,26-28,33,44H,21-22,24-25H2,1-2H3. The Morgan fingerprint density at radius 2 is 1.33 bits per heavy atom. The van der Waals surface area contributed by atoms with E-state index in [1.54, 1.807) is 0 Å². The van der Waals surface area contributed by atoms with Crippen LogP contribution in [-0.2, 0) is 5.54 Å². The molecule has 1 aliphatic rings. The van der Waals surface area contributed by atoms with E-state index in [-0.39, 0.29) is 12.2 Å². The third-order valence-electron chi connectivity index (χ3n) is 8.72. The summed E-state index contributed by atoms with van der Waals surface area (Å²) in [7, 11) is 0. The second kappa shape index (κ2) is 12.2. The average Bonchev–Trinajstić information content (AvgIpc) is 3.46. The Bertz CT molecular complexity index is 1780. The molecular formula is C39H38N4O2. The molecule has 6 nitrogen and oxygen atoms in total. The van der Waals surface area contributed by atoms with E-state index in [0.29, 0.717) is 0 Å². The van der Waals surface area contributed by atoms with Gasteiger partial charge in [-0.15, -0.1) is 0 Å². The number of ether oxygens (including phenoxy) is 1. The van der Waals surface area contributed by atoms with Crippen molar-refractivity contribution in [1.29, 1.82) is 0 Å². The third kappa shape index (κ3) is 5.36. The summed E-state index contributed by atoms with van der Waals surface area (Å²) in [6.07, 6.45) is 3.15. The van der Waals surface area contributed by atoms with Crippen molar-refractivity contribution in [3.63, 3.8) is 0 Å². The molecule has 4 aromatic carbocycles. The van der Waals surface area contributed by atoms with Crippen LogP contribution < -0.4 is 9.64 Å². The van der Waals surface area contributed by atoms with Crippen LogP contribution in [0.15, 0.2) is 128 Å². The summed E-state index contributed by atoms with van der Waals surface area (Å²) in [4.78, 5) is 6.99. The smallest absolute Gasteiger partial charge is 0.138 e. The zero-order valence-corrected chi connectivity index (χ0v) is 25.8. The summed E-state index contributed by atoms with van der Waals surface area (Å²) in [6, 6.07) is 42.4. The number of aliphatic hydroxyl groups is 1. The Kier molecular flexibility index (Phi) is 7.82. The molecule has 1 aliphatic heterocycles. The summed E-state index contributed by atoms with van der Waals surface area (Å²) < 4.78 is 8.41. The van der Waals surface area contributed by atoms with E-state index in [4.69, 9.17) is 14.8 Å². The van der Waals surface area contributed by atoms with Gasteiger partial charge in [-0.1, -0.05) is 91.0 Å². The molecule has 226 valence electrons. The number of piperidine rings is 1. The Morgan fingerprint density at radius 1 is 0.756 bits per heavy atom. The Hall–Kier alpha value is -4.94. The number of hydrogen-bond acceptors (Lipinski definition) is 5. The second-order valence-corrected chi connectivity index (χ2v) is 12.0. The summed E-state index contributed by atoms with van der Waals surface area (Å²) in [6.45, 7) is 5.64. The van der Waals surface area contributed by atoms with Gasteiger partial charge >= 0.3 is 0 Å². The summed E-state index contributed by atoms with van der Waals surface area (Å²) in [5.41, 5.74) is 5.43. The first-order valence-electron chi connectivity index (χ1n) is 15.8. The maximum atomic E-state index is 10.1. The number of hydrogen-bond donors (Lipinski definition) is 1. The predicted octanol–water partition coefficient (Wildman–Crippen LogP) is 7.69. The van der Waals surface area contributed by atoms with Crippen LogP contribution in [0.2, 0.25) is 0 Å². The highest BCUT2D eigenvalue weighted by molar-refractivity contribution is 5.95. The largest absolute Gasteiger partial charge is 0.491 e. The number of benzene rings is 4. The van der Waals surface area contributed by atoms with Crippen molar-refractivity contribution in [3.8, 4) is 17.0 Å². The lowest BCUT2D eigenvalue weighted by molar-refractivity contribution is 0.145. The van der Waals surface area contributed by atoms with Gasteiger partial charge in [0.1, 0.15) is 22.8 Å². The first kappa shape index (κ1) is 28.8. The van der Waals surface area contributed by atoms with Crippen molar-refractivity contribution in [3.05, 3.63) is 144 Å². The van der Waals surface area contributed by atoms with Gasteiger partial charge in [-0.25, -0.2) is 9.67 Å². The zero-order chi connectivity index (χ0) is 30.8. The Morgan fingerprint density at radius 3 is 1.89 bits per heavy atom. The van der Waals surface area contributed by atoms with E-state index in [9.17, 15) is 5.11 Å². The molecule has 3 heterocycles. The van der Waals surface area contributed by atoms with Gasteiger partial charge in [0.15, 0.2) is 0 Å². The molecule has 6 heteroatoms. The predicted molar refractivity (Wildman–Crippen MR) is 181 cm³/mol. The molecule has 0 amide bonds. The minimum atomic E-state index is -0.764. The quantitative estimate of drug-likeness (QED) is 0.183. The van der Waals surface area contributed by atoms with Crippen molar-refractivity contribution in [1.82, 2.24) is 14.8 Å². The Balaban J connectivity index is 1.52. The zero-order valence-electron chi connectivity index (χ0n) is 25.8. The Labute approximate surface area is 264 Å². The molecule has 45 heavy (non-hydrogen) atoms. The highest BCUT2D eigenvalue weighted by Gasteiger charge is 2.41. The summed E-state index contributed by atoms with van der Waals surface area (Å²) in [5, 5.41) is 16.7. The van der Waals surface area contributed by atoms with Crippen LogP contribution in [-0.4, -0.2) is 45.2 Å². The van der Waals surface area contributed by atoms with E-state index in [0.717, 1.165) is 76.3 Å². The van der Waals surface area contributed by atoms with Gasteiger partial charge in [-0.2, -0.15) is 5.10 Å². The van der Waals surface area contributed by atoms with Gasteiger partial charge in [-0.3, -0.25) is 0 Å². The molecule has 1 saturated heterocycles. The highest BCUT2D eigenvalue weighted by Crippen LogP contribution is 2.44. The highest BCUT2D eigenvalue weighted by atomic mass is 16.5. The number of pyridine rings is 1. The number of aliphatic hydroxyl groups excluding tert-OH is 1. The van der Waals surface area contributed by atoms with Crippen LogP contribution in [0, 0.1) is 0 Å². The number of rotatable bonds is 8. The maximum absolute atomic E-state index is 10.1. The first-order valence-corrected chi connectivity index (χ1v) is 15.8. The molecule has 2 aromatic heterocycles. The molecule has 0 unspecified atom stereocenters. The topological polar surface area (TPSA) is 63.4 Å². The van der Waals surface area contributed by atoms with E-state index in [1.165, 1.54) is 0 Å². The average molecular weight is 595 g/mol. The van der Waals surface area contributed by atoms with Gasteiger partial charge < -0.3 is 14.7 Å². The molecule has 1 fully saturated rings. The molecule has 7 rings (SSSR count). The molecule has 0 saturated carbocycles. The fourth-order valence-electron chi connectivity index (χ4n) is 6.65. The van der Waals surface area contributed by atoms with Crippen molar-refractivity contribution >= 4 is 16.7 Å². The minimum Gasteiger partial charge on any atom is -0.491 e. The minimum absolute atomic E-state index is 0.0416. The van der Waals surface area contributed by atoms with Crippen molar-refractivity contribution in [2.75, 3.05) is 18.0 Å². The molecule has 0 atom stereocenters. The lowest BCUT2D eigenvalue weighted by Gasteiger charge is -2.37. The van der Waals surface area contributed by atoms with E-state index in [2.05, 4.69) is 119 Å². The molecule has 0 bridgehead atoms. The molecular weight excluding hydrogens is 556 g/mol. The number of aromatic nitrogens is 3. The maximum Gasteiger partial charge on any atom is 0.138 e. The summed E-state index contributed by atoms with van der Waals surface area (Å²) in [5.74, 6) is 1.71. The monoisotopic (exact) mass is 594 g/mol. The lowest BCUT2D eigenvalue weighted by Crippen LogP contribution is -2.38. The second-order valence-electron chi connectivity index (χ2n) is 12.0. The van der Waals surface area contributed by atoms with Gasteiger partial charge in [0.25, 0.3) is 0 Å². The van der Waals surface area contributed by atoms with Crippen molar-refractivity contribution in [2.45, 2.75) is 44.4 Å². The molecule has 1 N–H and O–H groups in total. The van der Waals surface area contributed by atoms with Crippen LogP contribution >= 0.6 is 0 Å². The van der Waals surface area contributed by atoms with Crippen LogP contribution in [0.3, 0.4) is 0 Å². The molecule has 6 aromatic rings. The van der Waals surface area contributed by atoms with Gasteiger partial charge in [0, 0.05) is 30.2 Å². The van der Waals surface area contributed by atoms with Crippen molar-refractivity contribution in [2.24, 2.45) is 0 Å². The van der Waals surface area contributed by atoms with Crippen LogP contribution in [0.5, 0.6) is 5.75 Å². The van der Waals surface area contributed by atoms with Crippen LogP contribution in [0.25, 0.3) is 22.2 Å². The third-order valence-corrected chi connectivity index (χ3v) is 8.72. The number of nitrogens with zero attached hydrogens (tertiary/aromatic N) is 4. The normalized spacial score (nSPS) is 14.3. The lowest BCUT2D eigenvalue weighted by atomic mass is 9.77. The van der Waals surface area contributed by atoms with Crippen molar-refractivity contribution < 1.29 is 9.84 Å². The van der Waals surface area contributed by atoms with Gasteiger partial charge in [-0.05, 0) is 73.7 Å². The van der Waals surface area contributed by atoms with Crippen LogP contribution in [0.1, 0.15) is 43.4 Å². The molecule has 0 spiro atoms. The fraction of sp³-hybridized carbons (Fsp3) is 0.231. The fourth-order valence-corrected chi connectivity index (χ4v) is 6.65. The van der Waals surface area contributed by atoms with E-state index < -0.39 is 5.54 Å². The van der Waals surface area contributed by atoms with E-state index >= 15 is 0 Å². The van der Waals surface area contributed by atoms with Gasteiger partial charge in [0.2, 0.25) is 0 Å². The van der Waals surface area contributed by atoms with Gasteiger partial charge in [0.05, 0.1) is 17.7 Å².